The van der Waals surface area contributed by atoms with Crippen molar-refractivity contribution >= 4 is 11.7 Å². The number of imidazole rings is 1. The second-order valence-corrected chi connectivity index (χ2v) is 9.85. The average Bonchev–Trinajstić information content (AvgIpc) is 3.63. The number of fused-ring (bicyclic) bond motifs is 1. The second kappa shape index (κ2) is 11.8. The molecule has 0 aliphatic carbocycles. The highest BCUT2D eigenvalue weighted by Gasteiger charge is 2.30. The van der Waals surface area contributed by atoms with Gasteiger partial charge >= 0.3 is 0 Å². The van der Waals surface area contributed by atoms with Gasteiger partial charge in [-0.25, -0.2) is 9.97 Å². The molecule has 1 atom stereocenters. The molecule has 38 heavy (non-hydrogen) atoms. The van der Waals surface area contributed by atoms with Gasteiger partial charge in [0.15, 0.2) is 11.5 Å². The Labute approximate surface area is 224 Å². The van der Waals surface area contributed by atoms with Gasteiger partial charge in [0.05, 0.1) is 6.04 Å². The Morgan fingerprint density at radius 1 is 1.21 bits per heavy atom. The summed E-state index contributed by atoms with van der Waals surface area (Å²) in [5.41, 5.74) is 3.12. The highest BCUT2D eigenvalue weighted by atomic mass is 16.7. The Hall–Kier alpha value is -3.66. The fraction of sp³-hybridized carbons (Fsp3) is 0.500. The van der Waals surface area contributed by atoms with E-state index in [9.17, 15) is 4.79 Å². The molecule has 1 saturated heterocycles. The summed E-state index contributed by atoms with van der Waals surface area (Å²) in [5, 5.41) is 3.49. The van der Waals surface area contributed by atoms with Gasteiger partial charge in [-0.3, -0.25) is 9.36 Å². The summed E-state index contributed by atoms with van der Waals surface area (Å²) < 4.78 is 12.8. The van der Waals surface area contributed by atoms with Crippen LogP contribution in [0.25, 0.3) is 5.95 Å². The van der Waals surface area contributed by atoms with Crippen LogP contribution in [0.2, 0.25) is 0 Å². The summed E-state index contributed by atoms with van der Waals surface area (Å²) in [4.78, 5) is 31.9. The number of benzene rings is 1. The number of hydrogen-bond acceptors (Lipinski definition) is 8. The zero-order chi connectivity index (χ0) is 26.5. The van der Waals surface area contributed by atoms with E-state index in [0.29, 0.717) is 18.9 Å². The van der Waals surface area contributed by atoms with Crippen LogP contribution in [0.4, 0.5) is 5.82 Å². The van der Waals surface area contributed by atoms with E-state index in [4.69, 9.17) is 19.4 Å². The van der Waals surface area contributed by atoms with Gasteiger partial charge in [0, 0.05) is 62.8 Å². The Bertz CT molecular complexity index is 1250. The van der Waals surface area contributed by atoms with Crippen LogP contribution in [0.3, 0.4) is 0 Å². The third kappa shape index (κ3) is 5.60. The molecule has 1 N–H and O–H groups in total. The molecule has 10 heteroatoms. The lowest BCUT2D eigenvalue weighted by Crippen LogP contribution is -2.54. The van der Waals surface area contributed by atoms with Crippen LogP contribution in [0.15, 0.2) is 36.9 Å². The molecule has 3 aromatic rings. The minimum Gasteiger partial charge on any atom is -0.454 e. The molecular formula is C28H37N7O3. The van der Waals surface area contributed by atoms with Crippen LogP contribution in [0, 0.1) is 6.92 Å². The number of aromatic nitrogens is 4. The second-order valence-electron chi connectivity index (χ2n) is 9.85. The van der Waals surface area contributed by atoms with Crippen molar-refractivity contribution in [2.75, 3.05) is 37.9 Å². The van der Waals surface area contributed by atoms with Gasteiger partial charge in [-0.1, -0.05) is 26.3 Å². The molecule has 1 aromatic carbocycles. The molecule has 2 aliphatic rings. The van der Waals surface area contributed by atoms with Crippen molar-refractivity contribution in [1.29, 1.82) is 0 Å². The molecule has 0 spiro atoms. The number of carbonyl (C=O) groups excluding carboxylic acids is 1. The lowest BCUT2D eigenvalue weighted by Gasteiger charge is -2.39. The summed E-state index contributed by atoms with van der Waals surface area (Å²) in [6.07, 6.45) is 8.51. The number of unbranched alkanes of at least 4 members (excludes halogenated alkanes) is 1. The Morgan fingerprint density at radius 2 is 2.08 bits per heavy atom. The van der Waals surface area contributed by atoms with Crippen molar-refractivity contribution in [1.82, 2.24) is 29.7 Å². The molecule has 0 bridgehead atoms. The maximum absolute atomic E-state index is 13.8. The summed E-state index contributed by atoms with van der Waals surface area (Å²) in [5.74, 6) is 3.16. The lowest BCUT2D eigenvalue weighted by atomic mass is 10.1. The highest BCUT2D eigenvalue weighted by Crippen LogP contribution is 2.33. The number of ether oxygens (including phenoxy) is 2. The fourth-order valence-corrected chi connectivity index (χ4v) is 5.16. The van der Waals surface area contributed by atoms with Gasteiger partial charge in [0.2, 0.25) is 18.6 Å². The normalized spacial score (nSPS) is 16.6. The van der Waals surface area contributed by atoms with Crippen LogP contribution in [0.1, 0.15) is 49.9 Å². The number of amides is 1. The third-order valence-electron chi connectivity index (χ3n) is 7.25. The lowest BCUT2D eigenvalue weighted by molar-refractivity contribution is -0.132. The first-order valence-electron chi connectivity index (χ1n) is 13.6. The van der Waals surface area contributed by atoms with Crippen molar-refractivity contribution in [3.8, 4) is 17.4 Å². The number of carbonyl (C=O) groups is 1. The van der Waals surface area contributed by atoms with Gasteiger partial charge in [0.1, 0.15) is 12.1 Å². The third-order valence-corrected chi connectivity index (χ3v) is 7.25. The number of piperazine rings is 1. The molecule has 1 fully saturated rings. The largest absolute Gasteiger partial charge is 0.454 e. The van der Waals surface area contributed by atoms with E-state index in [-0.39, 0.29) is 18.7 Å². The zero-order valence-corrected chi connectivity index (χ0v) is 22.5. The highest BCUT2D eigenvalue weighted by molar-refractivity contribution is 5.77. The number of nitrogens with zero attached hydrogens (tertiary/aromatic N) is 6. The maximum Gasteiger partial charge on any atom is 0.237 e. The van der Waals surface area contributed by atoms with Gasteiger partial charge in [-0.05, 0) is 37.5 Å². The van der Waals surface area contributed by atoms with Gasteiger partial charge in [0.25, 0.3) is 0 Å². The summed E-state index contributed by atoms with van der Waals surface area (Å²) in [7, 11) is 0. The van der Waals surface area contributed by atoms with Crippen molar-refractivity contribution in [3.63, 3.8) is 0 Å². The van der Waals surface area contributed by atoms with E-state index in [1.54, 1.807) is 12.5 Å². The molecule has 0 saturated carbocycles. The van der Waals surface area contributed by atoms with Crippen molar-refractivity contribution < 1.29 is 14.3 Å². The van der Waals surface area contributed by atoms with Gasteiger partial charge in [-0.2, -0.15) is 4.98 Å². The SMILES string of the molecule is CCCCN(Cc1ccc2c(c1)OCO2)C(=O)CC1CNCCN1c1nc(-n2ccnc2)nc(C)c1CC. The molecule has 4 heterocycles. The Morgan fingerprint density at radius 3 is 2.87 bits per heavy atom. The molecule has 10 nitrogen and oxygen atoms in total. The number of nitrogens with one attached hydrogen (secondary N) is 1. The van der Waals surface area contributed by atoms with Crippen molar-refractivity contribution in [2.45, 2.75) is 59.0 Å². The first kappa shape index (κ1) is 26.0. The van der Waals surface area contributed by atoms with E-state index < -0.39 is 0 Å². The van der Waals surface area contributed by atoms with Gasteiger partial charge < -0.3 is 24.6 Å². The molecule has 1 amide bonds. The molecular weight excluding hydrogens is 482 g/mol. The van der Waals surface area contributed by atoms with Crippen molar-refractivity contribution in [2.24, 2.45) is 0 Å². The molecule has 2 aromatic heterocycles. The fourth-order valence-electron chi connectivity index (χ4n) is 5.16. The summed E-state index contributed by atoms with van der Waals surface area (Å²) in [6, 6.07) is 5.92. The summed E-state index contributed by atoms with van der Waals surface area (Å²) in [6.45, 7) is 10.2. The number of anilines is 1. The van der Waals surface area contributed by atoms with E-state index in [1.165, 1.54) is 0 Å². The molecule has 202 valence electrons. The van der Waals surface area contributed by atoms with E-state index in [1.807, 2.05) is 40.8 Å². The average molecular weight is 520 g/mol. The topological polar surface area (TPSA) is 97.6 Å². The number of aryl methyl sites for hydroxylation is 1. The first-order valence-corrected chi connectivity index (χ1v) is 13.6. The van der Waals surface area contributed by atoms with Gasteiger partial charge in [-0.15, -0.1) is 0 Å². The monoisotopic (exact) mass is 519 g/mol. The van der Waals surface area contributed by atoms with Crippen LogP contribution in [-0.4, -0.2) is 69.3 Å². The van der Waals surface area contributed by atoms with Crippen LogP contribution < -0.4 is 19.7 Å². The van der Waals surface area contributed by atoms with E-state index in [2.05, 4.69) is 29.0 Å². The first-order chi connectivity index (χ1) is 18.6. The van der Waals surface area contributed by atoms with Crippen LogP contribution >= 0.6 is 0 Å². The molecule has 0 radical (unpaired) electrons. The van der Waals surface area contributed by atoms with E-state index in [0.717, 1.165) is 79.6 Å². The number of rotatable bonds is 10. The quantitative estimate of drug-likeness (QED) is 0.436. The predicted octanol–water partition coefficient (Wildman–Crippen LogP) is 3.26. The van der Waals surface area contributed by atoms with Crippen LogP contribution in [-0.2, 0) is 17.8 Å². The summed E-state index contributed by atoms with van der Waals surface area (Å²) >= 11 is 0. The van der Waals surface area contributed by atoms with Crippen LogP contribution in [0.5, 0.6) is 11.5 Å². The minimum absolute atomic E-state index is 0.00707. The Kier molecular flexibility index (Phi) is 8.07. The van der Waals surface area contributed by atoms with Crippen molar-refractivity contribution in [3.05, 3.63) is 53.7 Å². The predicted molar refractivity (Wildman–Crippen MR) is 145 cm³/mol. The number of hydrogen-bond donors (Lipinski definition) is 1. The smallest absolute Gasteiger partial charge is 0.237 e. The minimum atomic E-state index is -0.00707. The molecule has 1 unspecified atom stereocenters. The standard InChI is InChI=1S/C28H37N7O3/c1-4-6-11-33(17-21-7-8-24-25(14-21)38-19-37-24)26(36)15-22-16-29-10-13-35(22)27-23(5-2)20(3)31-28(32-27)34-12-9-30-18-34/h7-9,12,14,18,22,29H,4-6,10-11,13,15-17,19H2,1-3H3. The maximum atomic E-state index is 13.8. The zero-order valence-electron chi connectivity index (χ0n) is 22.5. The molecule has 2 aliphatic heterocycles. The van der Waals surface area contributed by atoms with E-state index >= 15 is 0 Å². The Balaban J connectivity index is 1.38. The molecule has 5 rings (SSSR count).